The van der Waals surface area contributed by atoms with Crippen LogP contribution in [0.2, 0.25) is 0 Å². The average Bonchev–Trinajstić information content (AvgIpc) is 2.15. The number of carbonyl (C=O) groups excluding carboxylic acids is 1. The van der Waals surface area contributed by atoms with Crippen molar-refractivity contribution in [2.75, 3.05) is 0 Å². The molecule has 82 valence electrons. The van der Waals surface area contributed by atoms with E-state index in [0.29, 0.717) is 6.42 Å². The second kappa shape index (κ2) is 5.54. The Morgan fingerprint density at radius 1 is 1.33 bits per heavy atom. The third kappa shape index (κ3) is 4.15. The molecule has 0 amide bonds. The number of Topliss-reactive ketones (excluding diaryl/α,β-unsaturated/α-hetero) is 1. The molecule has 0 radical (unpaired) electrons. The van der Waals surface area contributed by atoms with Crippen LogP contribution in [0.5, 0.6) is 5.75 Å². The van der Waals surface area contributed by atoms with Crippen molar-refractivity contribution in [2.24, 2.45) is 0 Å². The van der Waals surface area contributed by atoms with Gasteiger partial charge in [-0.1, -0.05) is 18.2 Å². The zero-order valence-electron chi connectivity index (χ0n) is 9.62. The number of rotatable bonds is 5. The molecular weight excluding hydrogens is 188 g/mol. The second-order valence-electron chi connectivity index (χ2n) is 3.98. The molecule has 0 aromatic heterocycles. The number of para-hydroxylation sites is 1. The highest BCUT2D eigenvalue weighted by Crippen LogP contribution is 2.20. The number of aryl methyl sites for hydroxylation is 1. The van der Waals surface area contributed by atoms with Gasteiger partial charge in [0.05, 0.1) is 6.10 Å². The van der Waals surface area contributed by atoms with Gasteiger partial charge in [0.1, 0.15) is 11.5 Å². The van der Waals surface area contributed by atoms with Crippen LogP contribution in [0.15, 0.2) is 24.3 Å². The molecule has 0 unspecified atom stereocenters. The molecule has 0 fully saturated rings. The molecule has 0 aliphatic carbocycles. The van der Waals surface area contributed by atoms with E-state index in [0.717, 1.165) is 17.7 Å². The van der Waals surface area contributed by atoms with Gasteiger partial charge < -0.3 is 9.53 Å². The number of ketones is 1. The molecule has 1 rings (SSSR count). The van der Waals surface area contributed by atoms with Gasteiger partial charge in [-0.2, -0.15) is 0 Å². The number of benzene rings is 1. The van der Waals surface area contributed by atoms with Crippen molar-refractivity contribution >= 4 is 5.78 Å². The maximum absolute atomic E-state index is 10.9. The molecule has 0 saturated heterocycles. The minimum absolute atomic E-state index is 0.170. The van der Waals surface area contributed by atoms with Crippen LogP contribution in [0, 0.1) is 0 Å². The number of ether oxygens (including phenoxy) is 1. The molecule has 0 spiro atoms. The topological polar surface area (TPSA) is 26.3 Å². The summed E-state index contributed by atoms with van der Waals surface area (Å²) in [5, 5.41) is 0. The van der Waals surface area contributed by atoms with E-state index in [-0.39, 0.29) is 11.9 Å². The molecule has 2 heteroatoms. The number of carbonyl (C=O) groups is 1. The molecule has 0 heterocycles. The first-order chi connectivity index (χ1) is 7.09. The van der Waals surface area contributed by atoms with Gasteiger partial charge in [-0.3, -0.25) is 0 Å². The van der Waals surface area contributed by atoms with E-state index in [2.05, 4.69) is 0 Å². The normalized spacial score (nSPS) is 10.4. The average molecular weight is 206 g/mol. The smallest absolute Gasteiger partial charge is 0.130 e. The molecular formula is C13H18O2. The summed E-state index contributed by atoms with van der Waals surface area (Å²) in [6, 6.07) is 7.90. The van der Waals surface area contributed by atoms with E-state index in [1.807, 2.05) is 38.1 Å². The predicted molar refractivity (Wildman–Crippen MR) is 61.2 cm³/mol. The lowest BCUT2D eigenvalue weighted by molar-refractivity contribution is -0.116. The van der Waals surface area contributed by atoms with E-state index in [1.54, 1.807) is 6.92 Å². The molecule has 15 heavy (non-hydrogen) atoms. The third-order valence-corrected chi connectivity index (χ3v) is 2.08. The summed E-state index contributed by atoms with van der Waals surface area (Å²) in [7, 11) is 0. The summed E-state index contributed by atoms with van der Waals surface area (Å²) in [6.07, 6.45) is 1.51. The molecule has 1 aromatic carbocycles. The molecule has 1 aromatic rings. The highest BCUT2D eigenvalue weighted by Gasteiger charge is 2.05. The van der Waals surface area contributed by atoms with Crippen LogP contribution in [0.25, 0.3) is 0 Å². The lowest BCUT2D eigenvalue weighted by Crippen LogP contribution is -2.07. The van der Waals surface area contributed by atoms with Gasteiger partial charge in [0, 0.05) is 6.42 Å². The zero-order chi connectivity index (χ0) is 11.3. The minimum Gasteiger partial charge on any atom is -0.491 e. The van der Waals surface area contributed by atoms with E-state index >= 15 is 0 Å². The largest absolute Gasteiger partial charge is 0.491 e. The van der Waals surface area contributed by atoms with Crippen molar-refractivity contribution < 1.29 is 9.53 Å². The van der Waals surface area contributed by atoms with Gasteiger partial charge in [-0.25, -0.2) is 0 Å². The summed E-state index contributed by atoms with van der Waals surface area (Å²) >= 11 is 0. The maximum Gasteiger partial charge on any atom is 0.130 e. The van der Waals surface area contributed by atoms with Crippen molar-refractivity contribution in [1.29, 1.82) is 0 Å². The van der Waals surface area contributed by atoms with Gasteiger partial charge >= 0.3 is 0 Å². The second-order valence-corrected chi connectivity index (χ2v) is 3.98. The quantitative estimate of drug-likeness (QED) is 0.740. The summed E-state index contributed by atoms with van der Waals surface area (Å²) in [5.41, 5.74) is 1.11. The predicted octanol–water partition coefficient (Wildman–Crippen LogP) is 3.00. The minimum atomic E-state index is 0.170. The van der Waals surface area contributed by atoms with E-state index in [4.69, 9.17) is 4.74 Å². The zero-order valence-corrected chi connectivity index (χ0v) is 9.62. The molecule has 0 aliphatic rings. The van der Waals surface area contributed by atoms with Crippen LogP contribution in [-0.4, -0.2) is 11.9 Å². The van der Waals surface area contributed by atoms with Gasteiger partial charge in [-0.05, 0) is 38.8 Å². The Morgan fingerprint density at radius 3 is 2.60 bits per heavy atom. The lowest BCUT2D eigenvalue weighted by atomic mass is 10.1. The van der Waals surface area contributed by atoms with Crippen molar-refractivity contribution in [3.05, 3.63) is 29.8 Å². The van der Waals surface area contributed by atoms with Crippen LogP contribution in [-0.2, 0) is 11.2 Å². The summed E-state index contributed by atoms with van der Waals surface area (Å²) in [5.74, 6) is 1.11. The Bertz CT molecular complexity index is 329. The molecule has 0 N–H and O–H groups in total. The molecule has 0 atom stereocenters. The summed E-state index contributed by atoms with van der Waals surface area (Å²) < 4.78 is 5.67. The van der Waals surface area contributed by atoms with E-state index in [1.165, 1.54) is 0 Å². The Labute approximate surface area is 91.3 Å². The molecule has 0 bridgehead atoms. The number of hydrogen-bond donors (Lipinski definition) is 0. The van der Waals surface area contributed by atoms with Gasteiger partial charge in [-0.15, -0.1) is 0 Å². The van der Waals surface area contributed by atoms with Crippen LogP contribution >= 0.6 is 0 Å². The lowest BCUT2D eigenvalue weighted by Gasteiger charge is -2.13. The maximum atomic E-state index is 10.9. The van der Waals surface area contributed by atoms with Crippen molar-refractivity contribution in [3.63, 3.8) is 0 Å². The SMILES string of the molecule is CC(=O)CCc1ccccc1OC(C)C. The first-order valence-electron chi connectivity index (χ1n) is 5.33. The molecule has 2 nitrogen and oxygen atoms in total. The van der Waals surface area contributed by atoms with E-state index in [9.17, 15) is 4.79 Å². The summed E-state index contributed by atoms with van der Waals surface area (Å²) in [4.78, 5) is 10.9. The molecule has 0 aliphatic heterocycles. The van der Waals surface area contributed by atoms with Crippen molar-refractivity contribution in [2.45, 2.75) is 39.7 Å². The van der Waals surface area contributed by atoms with Crippen LogP contribution in [0.1, 0.15) is 32.8 Å². The Hall–Kier alpha value is -1.31. The monoisotopic (exact) mass is 206 g/mol. The highest BCUT2D eigenvalue weighted by molar-refractivity contribution is 5.75. The fraction of sp³-hybridized carbons (Fsp3) is 0.462. The van der Waals surface area contributed by atoms with Gasteiger partial charge in [0.25, 0.3) is 0 Å². The Morgan fingerprint density at radius 2 is 2.00 bits per heavy atom. The van der Waals surface area contributed by atoms with Crippen LogP contribution < -0.4 is 4.74 Å². The fourth-order valence-corrected chi connectivity index (χ4v) is 1.39. The van der Waals surface area contributed by atoms with Crippen molar-refractivity contribution in [1.82, 2.24) is 0 Å². The van der Waals surface area contributed by atoms with Gasteiger partial charge in [0.2, 0.25) is 0 Å². The highest BCUT2D eigenvalue weighted by atomic mass is 16.5. The summed E-state index contributed by atoms with van der Waals surface area (Å²) in [6.45, 7) is 5.62. The fourth-order valence-electron chi connectivity index (χ4n) is 1.39. The van der Waals surface area contributed by atoms with Crippen molar-refractivity contribution in [3.8, 4) is 5.75 Å². The van der Waals surface area contributed by atoms with Crippen LogP contribution in [0.4, 0.5) is 0 Å². The Balaban J connectivity index is 2.72. The first-order valence-corrected chi connectivity index (χ1v) is 5.33. The number of hydrogen-bond acceptors (Lipinski definition) is 2. The standard InChI is InChI=1S/C13H18O2/c1-10(2)15-13-7-5-4-6-12(13)9-8-11(3)14/h4-7,10H,8-9H2,1-3H3. The third-order valence-electron chi connectivity index (χ3n) is 2.08. The van der Waals surface area contributed by atoms with Gasteiger partial charge in [0.15, 0.2) is 0 Å². The molecule has 0 saturated carbocycles. The van der Waals surface area contributed by atoms with Crippen LogP contribution in [0.3, 0.4) is 0 Å². The van der Waals surface area contributed by atoms with E-state index < -0.39 is 0 Å². The Kier molecular flexibility index (Phi) is 4.35. The first kappa shape index (κ1) is 11.8.